The lowest BCUT2D eigenvalue weighted by Gasteiger charge is -2.31. The summed E-state index contributed by atoms with van der Waals surface area (Å²) in [7, 11) is 0. The number of unbranched alkanes of at least 4 members (excludes halogenated alkanes) is 1. The van der Waals surface area contributed by atoms with Gasteiger partial charge in [-0.1, -0.05) is 31.0 Å². The van der Waals surface area contributed by atoms with Gasteiger partial charge in [0.15, 0.2) is 0 Å². The van der Waals surface area contributed by atoms with Crippen LogP contribution in [0.4, 0.5) is 11.4 Å². The number of halogens is 1. The van der Waals surface area contributed by atoms with Gasteiger partial charge in [0, 0.05) is 23.7 Å². The molecule has 0 bridgehead atoms. The maximum atomic E-state index is 12.3. The number of nitrogens with zero attached hydrogens (tertiary/aromatic N) is 2. The van der Waals surface area contributed by atoms with Crippen LogP contribution in [0.5, 0.6) is 0 Å². The Morgan fingerprint density at radius 1 is 1.23 bits per heavy atom. The van der Waals surface area contributed by atoms with E-state index in [0.29, 0.717) is 35.1 Å². The van der Waals surface area contributed by atoms with Crippen LogP contribution in [0.25, 0.3) is 0 Å². The summed E-state index contributed by atoms with van der Waals surface area (Å²) in [4.78, 5) is 26.3. The minimum Gasteiger partial charge on any atom is -0.375 e. The Bertz CT molecular complexity index is 899. The van der Waals surface area contributed by atoms with Gasteiger partial charge in [-0.3, -0.25) is 9.59 Å². The van der Waals surface area contributed by atoms with Crippen LogP contribution >= 0.6 is 11.6 Å². The fourth-order valence-corrected chi connectivity index (χ4v) is 2.98. The summed E-state index contributed by atoms with van der Waals surface area (Å²) in [5.41, 5.74) is 0.862. The van der Waals surface area contributed by atoms with Crippen LogP contribution in [-0.4, -0.2) is 12.1 Å². The van der Waals surface area contributed by atoms with Crippen LogP contribution in [0.1, 0.15) is 51.7 Å². The molecule has 5 nitrogen and oxygen atoms in total. The topological polar surface area (TPSA) is 73.2 Å². The highest BCUT2D eigenvalue weighted by molar-refractivity contribution is 6.31. The monoisotopic (exact) mass is 373 g/mol. The lowest BCUT2D eigenvalue weighted by molar-refractivity contribution is 0.629. The summed E-state index contributed by atoms with van der Waals surface area (Å²) in [6.45, 7) is 8.97. The highest BCUT2D eigenvalue weighted by Gasteiger charge is 2.28. The van der Waals surface area contributed by atoms with Gasteiger partial charge in [0.25, 0.3) is 10.9 Å². The lowest BCUT2D eigenvalue weighted by Crippen LogP contribution is -2.45. The second-order valence-electron chi connectivity index (χ2n) is 7.45. The van der Waals surface area contributed by atoms with Gasteiger partial charge >= 0.3 is 0 Å². The Kier molecular flexibility index (Phi) is 6.09. The molecule has 0 unspecified atom stereocenters. The summed E-state index contributed by atoms with van der Waals surface area (Å²) in [5.74, 6) is 0. The third-order valence-corrected chi connectivity index (χ3v) is 4.38. The van der Waals surface area contributed by atoms with Crippen LogP contribution in [0.15, 0.2) is 27.8 Å². The van der Waals surface area contributed by atoms with E-state index in [1.807, 2.05) is 25.7 Å². The van der Waals surface area contributed by atoms with Gasteiger partial charge in [0.1, 0.15) is 11.4 Å². The smallest absolute Gasteiger partial charge is 0.253 e. The van der Waals surface area contributed by atoms with E-state index >= 15 is 0 Å². The summed E-state index contributed by atoms with van der Waals surface area (Å²) < 4.78 is 0. The second-order valence-corrected chi connectivity index (χ2v) is 7.86. The zero-order valence-electron chi connectivity index (χ0n) is 15.6. The number of hydrogen-bond donors (Lipinski definition) is 1. The second kappa shape index (κ2) is 7.92. The summed E-state index contributed by atoms with van der Waals surface area (Å²) >= 11 is 6.30. The molecule has 26 heavy (non-hydrogen) atoms. The lowest BCUT2D eigenvalue weighted by atomic mass is 10.0. The normalized spacial score (nSPS) is 11.4. The van der Waals surface area contributed by atoms with Gasteiger partial charge in [-0.25, -0.2) is 0 Å². The Morgan fingerprint density at radius 3 is 2.46 bits per heavy atom. The SMILES string of the molecule is CCCCN(Cc1ccc(C#N)cc1Cl)c1c(NC(C)(C)C)c(=O)c1=O. The van der Waals surface area contributed by atoms with Crippen LogP contribution in [0.3, 0.4) is 0 Å². The van der Waals surface area contributed by atoms with Gasteiger partial charge in [-0.15, -0.1) is 0 Å². The molecule has 2 rings (SSSR count). The molecule has 0 saturated heterocycles. The van der Waals surface area contributed by atoms with Crippen LogP contribution in [0.2, 0.25) is 5.02 Å². The van der Waals surface area contributed by atoms with E-state index < -0.39 is 10.9 Å². The average Bonchev–Trinajstić information content (AvgIpc) is 2.58. The van der Waals surface area contributed by atoms with Crippen molar-refractivity contribution < 1.29 is 0 Å². The number of benzene rings is 1. The molecule has 6 heteroatoms. The predicted molar refractivity (Wildman–Crippen MR) is 107 cm³/mol. The first-order valence-corrected chi connectivity index (χ1v) is 9.10. The predicted octanol–water partition coefficient (Wildman–Crippen LogP) is 3.82. The average molecular weight is 374 g/mol. The Labute approximate surface area is 158 Å². The molecule has 0 aliphatic heterocycles. The summed E-state index contributed by atoms with van der Waals surface area (Å²) in [5, 5.41) is 12.6. The van der Waals surface area contributed by atoms with E-state index in [9.17, 15) is 9.59 Å². The van der Waals surface area contributed by atoms with E-state index in [1.165, 1.54) is 0 Å². The molecule has 138 valence electrons. The molecule has 0 atom stereocenters. The molecule has 0 radical (unpaired) electrons. The van der Waals surface area contributed by atoms with Gasteiger partial charge in [0.05, 0.1) is 11.6 Å². The van der Waals surface area contributed by atoms with Crippen molar-refractivity contribution in [2.24, 2.45) is 0 Å². The van der Waals surface area contributed by atoms with E-state index in [0.717, 1.165) is 18.4 Å². The highest BCUT2D eigenvalue weighted by Crippen LogP contribution is 2.27. The van der Waals surface area contributed by atoms with Gasteiger partial charge in [-0.2, -0.15) is 5.26 Å². The Morgan fingerprint density at radius 2 is 1.92 bits per heavy atom. The van der Waals surface area contributed by atoms with Gasteiger partial charge < -0.3 is 10.2 Å². The molecular formula is C20H24ClN3O2. The van der Waals surface area contributed by atoms with Crippen LogP contribution in [-0.2, 0) is 6.54 Å². The van der Waals surface area contributed by atoms with Crippen molar-refractivity contribution in [3.8, 4) is 6.07 Å². The minimum absolute atomic E-state index is 0.320. The maximum Gasteiger partial charge on any atom is 0.253 e. The quantitative estimate of drug-likeness (QED) is 0.747. The third-order valence-electron chi connectivity index (χ3n) is 4.03. The van der Waals surface area contributed by atoms with Crippen molar-refractivity contribution in [3.63, 3.8) is 0 Å². The number of nitriles is 1. The molecular weight excluding hydrogens is 350 g/mol. The maximum absolute atomic E-state index is 12.3. The fraction of sp³-hybridized carbons (Fsp3) is 0.450. The number of rotatable bonds is 7. The van der Waals surface area contributed by atoms with E-state index in [-0.39, 0.29) is 5.54 Å². The van der Waals surface area contributed by atoms with E-state index in [1.54, 1.807) is 18.2 Å². The number of anilines is 2. The first kappa shape index (κ1) is 20.0. The number of nitrogens with one attached hydrogen (secondary N) is 1. The van der Waals surface area contributed by atoms with Gasteiger partial charge in [0.2, 0.25) is 0 Å². The van der Waals surface area contributed by atoms with Crippen LogP contribution < -0.4 is 21.1 Å². The van der Waals surface area contributed by atoms with Crippen molar-refractivity contribution in [3.05, 3.63) is 54.8 Å². The molecule has 0 amide bonds. The Hall–Kier alpha value is -2.32. The first-order chi connectivity index (χ1) is 12.2. The molecule has 0 aliphatic carbocycles. The molecule has 0 aromatic heterocycles. The van der Waals surface area contributed by atoms with E-state index in [2.05, 4.69) is 18.3 Å². The highest BCUT2D eigenvalue weighted by atomic mass is 35.5. The van der Waals surface area contributed by atoms with E-state index in [4.69, 9.17) is 16.9 Å². The molecule has 0 aliphatic rings. The van der Waals surface area contributed by atoms with Crippen molar-refractivity contribution >= 4 is 23.0 Å². The minimum atomic E-state index is -0.470. The largest absolute Gasteiger partial charge is 0.375 e. The molecule has 0 heterocycles. The third kappa shape index (κ3) is 4.44. The standard InChI is InChI=1S/C20H24ClN3O2/c1-5-6-9-24(12-14-8-7-13(11-22)10-15(14)21)17-16(18(25)19(17)26)23-20(2,3)4/h7-8,10,23H,5-6,9,12H2,1-4H3. The molecule has 2 aromatic carbocycles. The van der Waals surface area contributed by atoms with Crippen molar-refractivity contribution in [1.82, 2.24) is 0 Å². The molecule has 0 spiro atoms. The van der Waals surface area contributed by atoms with Gasteiger partial charge in [-0.05, 0) is 44.9 Å². The number of hydrogen-bond acceptors (Lipinski definition) is 5. The fourth-order valence-electron chi connectivity index (χ4n) is 2.74. The van der Waals surface area contributed by atoms with Crippen molar-refractivity contribution in [1.29, 1.82) is 5.26 Å². The molecule has 0 saturated carbocycles. The first-order valence-electron chi connectivity index (χ1n) is 8.73. The van der Waals surface area contributed by atoms with Crippen molar-refractivity contribution in [2.75, 3.05) is 16.8 Å². The zero-order chi connectivity index (χ0) is 19.5. The van der Waals surface area contributed by atoms with Crippen molar-refractivity contribution in [2.45, 2.75) is 52.6 Å². The zero-order valence-corrected chi connectivity index (χ0v) is 16.4. The van der Waals surface area contributed by atoms with Crippen LogP contribution in [0, 0.1) is 11.3 Å². The Balaban J connectivity index is 2.38. The molecule has 1 N–H and O–H groups in total. The summed E-state index contributed by atoms with van der Waals surface area (Å²) in [6.07, 6.45) is 1.86. The molecule has 2 aromatic rings. The summed E-state index contributed by atoms with van der Waals surface area (Å²) in [6, 6.07) is 7.17. The molecule has 0 fully saturated rings.